The molecule has 0 aromatic carbocycles. The number of alkyl halides is 3. The zero-order chi connectivity index (χ0) is 21.8. The summed E-state index contributed by atoms with van der Waals surface area (Å²) in [4.78, 5) is 37.6. The van der Waals surface area contributed by atoms with Crippen LogP contribution in [0.3, 0.4) is 0 Å². The van der Waals surface area contributed by atoms with Gasteiger partial charge in [0.1, 0.15) is 18.2 Å². The van der Waals surface area contributed by atoms with Crippen molar-refractivity contribution in [1.82, 2.24) is 15.5 Å². The van der Waals surface area contributed by atoms with Gasteiger partial charge in [-0.25, -0.2) is 4.79 Å². The topological polar surface area (TPSA) is 87.7 Å². The monoisotopic (exact) mass is 409 g/mol. The molecule has 10 heteroatoms. The number of likely N-dealkylation sites (tertiary alicyclic amines) is 1. The van der Waals surface area contributed by atoms with Crippen LogP contribution in [-0.2, 0) is 14.3 Å². The number of carbonyl (C=O) groups excluding carboxylic acids is 3. The lowest BCUT2D eigenvalue weighted by molar-refractivity contribution is -0.158. The van der Waals surface area contributed by atoms with Gasteiger partial charge in [0.15, 0.2) is 0 Å². The number of rotatable bonds is 7. The number of hydrogen-bond donors (Lipinski definition) is 2. The predicted molar refractivity (Wildman–Crippen MR) is 96.4 cm³/mol. The van der Waals surface area contributed by atoms with E-state index < -0.39 is 47.7 Å². The van der Waals surface area contributed by atoms with E-state index in [0.717, 1.165) is 0 Å². The molecule has 1 aliphatic heterocycles. The fourth-order valence-electron chi connectivity index (χ4n) is 3.01. The molecular formula is C18H30F3N3O4. The average molecular weight is 409 g/mol. The van der Waals surface area contributed by atoms with Crippen molar-refractivity contribution in [2.75, 3.05) is 19.6 Å². The molecule has 162 valence electrons. The van der Waals surface area contributed by atoms with Gasteiger partial charge in [0, 0.05) is 13.1 Å². The van der Waals surface area contributed by atoms with E-state index in [-0.39, 0.29) is 19.5 Å². The fourth-order valence-corrected chi connectivity index (χ4v) is 3.01. The highest BCUT2D eigenvalue weighted by Gasteiger charge is 2.43. The normalized spacial score (nSPS) is 18.2. The predicted octanol–water partition coefficient (Wildman–Crippen LogP) is 2.60. The summed E-state index contributed by atoms with van der Waals surface area (Å²) in [6.45, 7) is 7.28. The van der Waals surface area contributed by atoms with E-state index in [1.165, 1.54) is 0 Å². The molecule has 0 unspecified atom stereocenters. The van der Waals surface area contributed by atoms with Gasteiger partial charge in [-0.1, -0.05) is 13.8 Å². The van der Waals surface area contributed by atoms with Crippen LogP contribution in [0.1, 0.15) is 53.9 Å². The van der Waals surface area contributed by atoms with Crippen LogP contribution in [0.2, 0.25) is 0 Å². The molecule has 28 heavy (non-hydrogen) atoms. The minimum Gasteiger partial charge on any atom is -0.444 e. The molecule has 0 spiro atoms. The van der Waals surface area contributed by atoms with Gasteiger partial charge in [-0.15, -0.1) is 0 Å². The quantitative estimate of drug-likeness (QED) is 0.677. The zero-order valence-electron chi connectivity index (χ0n) is 17.0. The van der Waals surface area contributed by atoms with Gasteiger partial charge in [0.05, 0.1) is 5.41 Å². The number of hydrogen-bond acceptors (Lipinski definition) is 4. The number of alkyl carbamates (subject to hydrolysis) is 1. The van der Waals surface area contributed by atoms with Crippen molar-refractivity contribution in [3.05, 3.63) is 0 Å². The molecule has 0 aromatic heterocycles. The van der Waals surface area contributed by atoms with Crippen LogP contribution in [0, 0.1) is 5.41 Å². The minimum atomic E-state index is -4.48. The van der Waals surface area contributed by atoms with Crippen molar-refractivity contribution in [3.8, 4) is 0 Å². The van der Waals surface area contributed by atoms with Gasteiger partial charge in [0.2, 0.25) is 11.8 Å². The maximum Gasteiger partial charge on any atom is 0.407 e. The van der Waals surface area contributed by atoms with Gasteiger partial charge in [-0.3, -0.25) is 9.59 Å². The van der Waals surface area contributed by atoms with Crippen molar-refractivity contribution in [2.45, 2.75) is 71.7 Å². The highest BCUT2D eigenvalue weighted by atomic mass is 19.4. The molecular weight excluding hydrogens is 379 g/mol. The first-order chi connectivity index (χ1) is 12.7. The summed E-state index contributed by atoms with van der Waals surface area (Å²) in [7, 11) is 0. The van der Waals surface area contributed by atoms with E-state index in [4.69, 9.17) is 4.74 Å². The summed E-state index contributed by atoms with van der Waals surface area (Å²) in [5.74, 6) is -1.22. The number of halogens is 3. The molecule has 1 rings (SSSR count). The van der Waals surface area contributed by atoms with Crippen molar-refractivity contribution < 1.29 is 32.3 Å². The molecule has 1 atom stereocenters. The largest absolute Gasteiger partial charge is 0.444 e. The van der Waals surface area contributed by atoms with Gasteiger partial charge in [-0.05, 0) is 40.0 Å². The first-order valence-corrected chi connectivity index (χ1v) is 9.36. The van der Waals surface area contributed by atoms with E-state index in [0.29, 0.717) is 17.7 Å². The summed E-state index contributed by atoms with van der Waals surface area (Å²) in [6.07, 6.45) is -4.29. The van der Waals surface area contributed by atoms with Crippen LogP contribution in [0.15, 0.2) is 0 Å². The molecule has 1 saturated heterocycles. The number of amides is 3. The molecule has 2 N–H and O–H groups in total. The Hall–Kier alpha value is -2.00. The Morgan fingerprint density at radius 3 is 2.21 bits per heavy atom. The average Bonchev–Trinajstić information content (AvgIpc) is 2.86. The Bertz CT molecular complexity index is 584. The molecule has 0 saturated carbocycles. The van der Waals surface area contributed by atoms with Crippen molar-refractivity contribution in [1.29, 1.82) is 0 Å². The standard InChI is InChI=1S/C18H30F3N3O4/c1-6-17(7-2,10-22-15(27)28-16(3,4)5)14(26)23-12-8-9-24(13(12)25)11-18(19,20)21/h12H,6-11H2,1-5H3,(H,22,27)(H,23,26)/t12-/m1/s1. The van der Waals surface area contributed by atoms with Gasteiger partial charge < -0.3 is 20.3 Å². The lowest BCUT2D eigenvalue weighted by Gasteiger charge is -2.32. The molecule has 0 aromatic rings. The van der Waals surface area contributed by atoms with Gasteiger partial charge in [-0.2, -0.15) is 13.2 Å². The number of nitrogens with one attached hydrogen (secondary N) is 2. The Labute approximate surface area is 163 Å². The Morgan fingerprint density at radius 2 is 1.75 bits per heavy atom. The third kappa shape index (κ3) is 6.87. The molecule has 0 radical (unpaired) electrons. The van der Waals surface area contributed by atoms with E-state index in [9.17, 15) is 27.6 Å². The summed E-state index contributed by atoms with van der Waals surface area (Å²) in [6, 6.07) is -0.992. The molecule has 3 amide bonds. The Morgan fingerprint density at radius 1 is 1.18 bits per heavy atom. The lowest BCUT2D eigenvalue weighted by atomic mass is 9.81. The Balaban J connectivity index is 2.74. The van der Waals surface area contributed by atoms with E-state index >= 15 is 0 Å². The van der Waals surface area contributed by atoms with E-state index in [1.54, 1.807) is 34.6 Å². The van der Waals surface area contributed by atoms with E-state index in [2.05, 4.69) is 10.6 Å². The summed E-state index contributed by atoms with van der Waals surface area (Å²) >= 11 is 0. The molecule has 1 fully saturated rings. The minimum absolute atomic E-state index is 0.00603. The first-order valence-electron chi connectivity index (χ1n) is 9.36. The summed E-state index contributed by atoms with van der Waals surface area (Å²) in [5.41, 5.74) is -1.68. The van der Waals surface area contributed by atoms with Crippen molar-refractivity contribution in [2.24, 2.45) is 5.41 Å². The third-order valence-electron chi connectivity index (χ3n) is 4.78. The van der Waals surface area contributed by atoms with Crippen LogP contribution >= 0.6 is 0 Å². The molecule has 7 nitrogen and oxygen atoms in total. The highest BCUT2D eigenvalue weighted by Crippen LogP contribution is 2.28. The fraction of sp³-hybridized carbons (Fsp3) is 0.833. The number of nitrogens with zero attached hydrogens (tertiary/aromatic N) is 1. The summed E-state index contributed by atoms with van der Waals surface area (Å²) < 4.78 is 42.8. The molecule has 0 bridgehead atoms. The lowest BCUT2D eigenvalue weighted by Crippen LogP contribution is -2.53. The maximum absolute atomic E-state index is 12.8. The molecule has 0 aliphatic carbocycles. The second-order valence-corrected chi connectivity index (χ2v) is 8.03. The first kappa shape index (κ1) is 24.0. The third-order valence-corrected chi connectivity index (χ3v) is 4.78. The summed E-state index contributed by atoms with van der Waals surface area (Å²) in [5, 5.41) is 5.14. The van der Waals surface area contributed by atoms with Crippen LogP contribution < -0.4 is 10.6 Å². The van der Waals surface area contributed by atoms with Crippen LogP contribution in [0.25, 0.3) is 0 Å². The molecule has 1 heterocycles. The van der Waals surface area contributed by atoms with Gasteiger partial charge in [0.25, 0.3) is 0 Å². The number of carbonyl (C=O) groups is 3. The second-order valence-electron chi connectivity index (χ2n) is 8.03. The van der Waals surface area contributed by atoms with Crippen LogP contribution in [0.5, 0.6) is 0 Å². The Kier molecular flexibility index (Phi) is 7.73. The second kappa shape index (κ2) is 9.00. The maximum atomic E-state index is 12.8. The van der Waals surface area contributed by atoms with Crippen molar-refractivity contribution >= 4 is 17.9 Å². The number of ether oxygens (including phenoxy) is 1. The van der Waals surface area contributed by atoms with Crippen molar-refractivity contribution in [3.63, 3.8) is 0 Å². The van der Waals surface area contributed by atoms with Crippen LogP contribution in [-0.4, -0.2) is 60.3 Å². The molecule has 1 aliphatic rings. The zero-order valence-corrected chi connectivity index (χ0v) is 17.0. The highest BCUT2D eigenvalue weighted by molar-refractivity contribution is 5.91. The smallest absolute Gasteiger partial charge is 0.407 e. The SMILES string of the molecule is CCC(CC)(CNC(=O)OC(C)(C)C)C(=O)N[C@@H]1CCN(CC(F)(F)F)C1=O. The van der Waals surface area contributed by atoms with Gasteiger partial charge >= 0.3 is 12.3 Å². The van der Waals surface area contributed by atoms with Crippen LogP contribution in [0.4, 0.5) is 18.0 Å². The van der Waals surface area contributed by atoms with E-state index in [1.807, 2.05) is 0 Å².